The molecule has 2 fully saturated rings. The number of aromatic carboxylic acids is 1. The minimum Gasteiger partial charge on any atom is -0.505 e. The van der Waals surface area contributed by atoms with E-state index in [0.717, 1.165) is 30.4 Å². The van der Waals surface area contributed by atoms with Gasteiger partial charge in [0.1, 0.15) is 29.7 Å². The molecule has 5 unspecified atom stereocenters. The van der Waals surface area contributed by atoms with Gasteiger partial charge in [0.25, 0.3) is 5.91 Å². The highest BCUT2D eigenvalue weighted by Crippen LogP contribution is 2.47. The summed E-state index contributed by atoms with van der Waals surface area (Å²) >= 11 is 0. The first-order valence-electron chi connectivity index (χ1n) is 24.8. The highest BCUT2D eigenvalue weighted by molar-refractivity contribution is 6.07. The second kappa shape index (κ2) is 25.1. The van der Waals surface area contributed by atoms with Gasteiger partial charge in [0.15, 0.2) is 29.2 Å². The molecule has 0 aromatic heterocycles. The number of rotatable bonds is 24. The number of aliphatic hydroxyl groups excluding tert-OH is 2. The van der Waals surface area contributed by atoms with Crippen LogP contribution in [0.2, 0.25) is 0 Å². The fourth-order valence-electron chi connectivity index (χ4n) is 10.4. The van der Waals surface area contributed by atoms with Crippen molar-refractivity contribution in [1.82, 2.24) is 26.6 Å². The van der Waals surface area contributed by atoms with Crippen LogP contribution in [-0.4, -0.2) is 129 Å². The maximum absolute atomic E-state index is 14.8. The summed E-state index contributed by atoms with van der Waals surface area (Å²) in [5.41, 5.74) is 10.0. The summed E-state index contributed by atoms with van der Waals surface area (Å²) in [6.45, 7) is 0.878. The Labute approximate surface area is 429 Å². The maximum Gasteiger partial charge on any atom is 0.336 e. The van der Waals surface area contributed by atoms with Gasteiger partial charge in [0, 0.05) is 59.4 Å². The van der Waals surface area contributed by atoms with Crippen LogP contribution in [0.5, 0.6) is 0 Å². The molecule has 22 nitrogen and oxygen atoms in total. The van der Waals surface area contributed by atoms with E-state index in [4.69, 9.17) is 21.6 Å². The summed E-state index contributed by atoms with van der Waals surface area (Å²) in [6.07, 6.45) is 4.50. The molecule has 0 spiro atoms. The lowest BCUT2D eigenvalue weighted by molar-refractivity contribution is -0.144. The molecule has 75 heavy (non-hydrogen) atoms. The summed E-state index contributed by atoms with van der Waals surface area (Å²) in [4.78, 5) is 120. The number of amides is 4. The van der Waals surface area contributed by atoms with E-state index in [1.807, 2.05) is 0 Å². The first-order valence-corrected chi connectivity index (χ1v) is 24.8. The van der Waals surface area contributed by atoms with Gasteiger partial charge in [-0.25, -0.2) is 18.4 Å². The van der Waals surface area contributed by atoms with E-state index in [0.29, 0.717) is 51.4 Å². The molecule has 4 aliphatic carbocycles. The van der Waals surface area contributed by atoms with Gasteiger partial charge < -0.3 is 63.2 Å². The number of aliphatic carboxylic acids is 1. The monoisotopic (exact) mass is 1050 g/mol. The molecule has 404 valence electrons. The summed E-state index contributed by atoms with van der Waals surface area (Å²) < 4.78 is 35.2. The number of aliphatic hydroxyl groups is 2. The number of allylic oxidation sites excluding steroid dienone is 4. The molecule has 2 saturated carbocycles. The van der Waals surface area contributed by atoms with Crippen LogP contribution in [-0.2, 0) is 38.3 Å². The number of benzene rings is 1. The second-order valence-electron chi connectivity index (χ2n) is 19.2. The Balaban J connectivity index is 1.11. The Morgan fingerprint density at radius 1 is 0.840 bits per heavy atom. The van der Waals surface area contributed by atoms with E-state index in [9.17, 15) is 72.4 Å². The van der Waals surface area contributed by atoms with E-state index in [-0.39, 0.29) is 72.1 Å². The number of fused-ring (bicyclic) bond motifs is 2. The number of carboxylic acids is 2. The molecule has 5 aliphatic rings. The largest absolute Gasteiger partial charge is 0.505 e. The Kier molecular flexibility index (Phi) is 19.0. The lowest BCUT2D eigenvalue weighted by atomic mass is 9.77. The number of hydrogen-bond donors (Lipinski definition) is 12. The molecule has 0 saturated heterocycles. The second-order valence-corrected chi connectivity index (χ2v) is 19.2. The number of unbranched alkanes of at least 4 members (excludes halogenated alkanes) is 1. The van der Waals surface area contributed by atoms with Crippen molar-refractivity contribution in [3.05, 3.63) is 87.9 Å². The van der Waals surface area contributed by atoms with Gasteiger partial charge in [-0.3, -0.25) is 39.0 Å². The van der Waals surface area contributed by atoms with Gasteiger partial charge in [-0.1, -0.05) is 18.9 Å². The zero-order valence-electron chi connectivity index (χ0n) is 41.0. The fourth-order valence-corrected chi connectivity index (χ4v) is 10.4. The smallest absolute Gasteiger partial charge is 0.336 e. The molecule has 1 aromatic carbocycles. The van der Waals surface area contributed by atoms with Crippen LogP contribution in [0.1, 0.15) is 104 Å². The standard InChI is InChI=1S/C51H62F2N8O14/c1-23(62)43(61-41(65)22-58-46(68)24-13-14-25(30(17-24)49(71)72)42-31-18-33(52)37(63)20-39(31)75-40-21-38(64)34(53)19-32(40)42)48(70)59-35(11-2-3-15-54)45(67)27-8-4-7-26(27)44(66)28-9-5-10-29(28)47(69)60-36(50(73)74)12-6-16-57-51(55)56/h13-14,17-21,23,26-29,31,35-36,39,43,62-63H,2-12,15-16,22,54H2,1H3,(H,58,68)(H,59,70)(H,60,69)(H,61,65)(H,71,72)(H,73,74)(H4,55,56,57)/t23?,26-,27?,28?,29-,31?,35+,36+,39?,43+/m1/s1. The lowest BCUT2D eigenvalue weighted by Gasteiger charge is -2.37. The van der Waals surface area contributed by atoms with Crippen LogP contribution in [0.4, 0.5) is 8.78 Å². The van der Waals surface area contributed by atoms with Gasteiger partial charge in [-0.15, -0.1) is 0 Å². The number of hydrogen-bond acceptors (Lipinski definition) is 14. The highest BCUT2D eigenvalue weighted by atomic mass is 19.1. The number of nitrogens with one attached hydrogen (secondary N) is 6. The predicted molar refractivity (Wildman–Crippen MR) is 262 cm³/mol. The fraction of sp³-hybridized carbons (Fsp3) is 0.490. The number of nitrogens with two attached hydrogens (primary N) is 2. The van der Waals surface area contributed by atoms with Crippen molar-refractivity contribution in [3.63, 3.8) is 0 Å². The first-order chi connectivity index (χ1) is 35.6. The third-order valence-electron chi connectivity index (χ3n) is 14.1. The van der Waals surface area contributed by atoms with Crippen LogP contribution in [0, 0.1) is 35.0 Å². The van der Waals surface area contributed by atoms with E-state index < -0.39 is 137 Å². The van der Waals surface area contributed by atoms with E-state index in [1.54, 1.807) is 0 Å². The number of carbonyl (C=O) groups excluding carboxylic acids is 7. The minimum atomic E-state index is -1.67. The van der Waals surface area contributed by atoms with E-state index in [2.05, 4.69) is 26.6 Å². The molecule has 4 amide bonds. The Hall–Kier alpha value is -7.60. The summed E-state index contributed by atoms with van der Waals surface area (Å²) in [6, 6.07) is -0.787. The molecule has 0 bridgehead atoms. The maximum atomic E-state index is 14.8. The number of carboxylic acid groups (broad SMARTS) is 2. The van der Waals surface area contributed by atoms with Crippen molar-refractivity contribution < 1.29 is 77.1 Å². The minimum absolute atomic E-state index is 0.00666. The lowest BCUT2D eigenvalue weighted by Crippen LogP contribution is -2.57. The van der Waals surface area contributed by atoms with Crippen molar-refractivity contribution >= 4 is 64.4 Å². The zero-order valence-corrected chi connectivity index (χ0v) is 41.0. The number of Topliss-reactive ketones (excluding diaryl/α,β-unsaturated/α-hetero) is 2. The Morgan fingerprint density at radius 3 is 2.16 bits per heavy atom. The summed E-state index contributed by atoms with van der Waals surface area (Å²) in [7, 11) is 0. The van der Waals surface area contributed by atoms with Gasteiger partial charge in [0.05, 0.1) is 24.3 Å². The molecule has 0 radical (unpaired) electrons. The van der Waals surface area contributed by atoms with Gasteiger partial charge in [0.2, 0.25) is 23.5 Å². The van der Waals surface area contributed by atoms with Crippen molar-refractivity contribution in [2.45, 2.75) is 108 Å². The molecule has 14 N–H and O–H groups in total. The van der Waals surface area contributed by atoms with Crippen LogP contribution in [0.15, 0.2) is 71.2 Å². The normalized spacial score (nSPS) is 23.5. The van der Waals surface area contributed by atoms with Crippen LogP contribution >= 0.6 is 0 Å². The van der Waals surface area contributed by atoms with E-state index >= 15 is 0 Å². The van der Waals surface area contributed by atoms with Crippen molar-refractivity contribution in [2.24, 2.45) is 41.1 Å². The number of ketones is 3. The molecular weight excluding hydrogens is 987 g/mol. The van der Waals surface area contributed by atoms with Gasteiger partial charge in [-0.2, -0.15) is 0 Å². The average Bonchev–Trinajstić information content (AvgIpc) is 4.07. The first kappa shape index (κ1) is 56.7. The number of guanidine groups is 1. The zero-order chi connectivity index (χ0) is 54.8. The SMILES string of the molecule is CC(O)[C@H](NC(=O)CNC(=O)c1ccc(C2=C3C=C(F)C(=O)C=C3OC3C=C(O)C(F)=CC23)c(C(=O)O)c1)C(=O)N[C@@H](CCCCN)C(=O)C1CCC[C@H]1C(=O)C1CCC[C@H]1C(=O)N[C@@H](CCCNC(=N)N)C(=O)O. The molecular formula is C51H62F2N8O14. The Morgan fingerprint density at radius 2 is 1.51 bits per heavy atom. The van der Waals surface area contributed by atoms with Crippen molar-refractivity contribution in [3.8, 4) is 0 Å². The van der Waals surface area contributed by atoms with Crippen LogP contribution in [0.25, 0.3) is 5.57 Å². The summed E-state index contributed by atoms with van der Waals surface area (Å²) in [5.74, 6) is -16.1. The number of halogens is 2. The van der Waals surface area contributed by atoms with Crippen molar-refractivity contribution in [2.75, 3.05) is 19.6 Å². The highest BCUT2D eigenvalue weighted by Gasteiger charge is 2.47. The number of ether oxygens (including phenoxy) is 1. The van der Waals surface area contributed by atoms with Gasteiger partial charge in [-0.05, 0) is 107 Å². The van der Waals surface area contributed by atoms with Crippen LogP contribution < -0.4 is 38.1 Å². The average molecular weight is 1050 g/mol. The molecule has 1 heterocycles. The molecule has 10 atom stereocenters. The number of carbonyl (C=O) groups is 9. The molecule has 1 aliphatic heterocycles. The topological polar surface area (TPSA) is 380 Å². The van der Waals surface area contributed by atoms with Gasteiger partial charge >= 0.3 is 11.9 Å². The molecule has 1 aromatic rings. The molecule has 6 rings (SSSR count). The van der Waals surface area contributed by atoms with Crippen LogP contribution in [0.3, 0.4) is 0 Å². The molecule has 24 heteroatoms. The van der Waals surface area contributed by atoms with Crippen molar-refractivity contribution in [1.29, 1.82) is 5.41 Å². The van der Waals surface area contributed by atoms with E-state index in [1.165, 1.54) is 19.1 Å². The predicted octanol–water partition coefficient (Wildman–Crippen LogP) is 1.79. The third kappa shape index (κ3) is 13.6. The Bertz CT molecular complexity index is 2660. The summed E-state index contributed by atoms with van der Waals surface area (Å²) in [5, 5.41) is 60.6. The third-order valence-corrected chi connectivity index (χ3v) is 14.1. The quantitative estimate of drug-likeness (QED) is 0.0399.